The van der Waals surface area contributed by atoms with Crippen LogP contribution in [-0.2, 0) is 10.0 Å². The van der Waals surface area contributed by atoms with Crippen LogP contribution in [0.5, 0.6) is 0 Å². The van der Waals surface area contributed by atoms with E-state index in [1.807, 2.05) is 7.05 Å². The molecule has 0 N–H and O–H groups in total. The molecule has 0 bridgehead atoms. The fourth-order valence-corrected chi connectivity index (χ4v) is 3.81. The van der Waals surface area contributed by atoms with Crippen molar-refractivity contribution in [2.75, 3.05) is 47.3 Å². The third kappa shape index (κ3) is 3.96. The lowest BCUT2D eigenvalue weighted by Crippen LogP contribution is -2.54. The highest BCUT2D eigenvalue weighted by atomic mass is 35.5. The average molecular weight is 332 g/mol. The van der Waals surface area contributed by atoms with Gasteiger partial charge >= 0.3 is 0 Å². The average Bonchev–Trinajstić information content (AvgIpc) is 2.43. The highest BCUT2D eigenvalue weighted by Crippen LogP contribution is 2.18. The number of sulfonamides is 1. The van der Waals surface area contributed by atoms with Crippen LogP contribution in [0.2, 0.25) is 5.02 Å². The summed E-state index contributed by atoms with van der Waals surface area (Å²) in [6.07, 6.45) is 0. The van der Waals surface area contributed by atoms with Gasteiger partial charge in [0.1, 0.15) is 0 Å². The molecule has 1 aliphatic rings. The van der Waals surface area contributed by atoms with Gasteiger partial charge in [-0.05, 0) is 38.4 Å². The van der Waals surface area contributed by atoms with E-state index in [1.165, 1.54) is 4.31 Å². The number of benzene rings is 1. The minimum atomic E-state index is -3.47. The van der Waals surface area contributed by atoms with Gasteiger partial charge in [-0.2, -0.15) is 4.31 Å². The molecule has 1 saturated heterocycles. The fourth-order valence-electron chi connectivity index (χ4n) is 2.48. The summed E-state index contributed by atoms with van der Waals surface area (Å²) in [4.78, 5) is 4.72. The molecule has 0 saturated carbocycles. The summed E-state index contributed by atoms with van der Waals surface area (Å²) in [7, 11) is 2.27. The highest BCUT2D eigenvalue weighted by Gasteiger charge is 2.28. The van der Waals surface area contributed by atoms with Crippen molar-refractivity contribution in [2.45, 2.75) is 10.9 Å². The number of halogens is 1. The molecule has 1 atom stereocenters. The fraction of sp³-hybridized carbons (Fsp3) is 0.571. The zero-order chi connectivity index (χ0) is 15.6. The Labute approximate surface area is 132 Å². The normalized spacial score (nSPS) is 21.9. The van der Waals surface area contributed by atoms with Crippen molar-refractivity contribution >= 4 is 21.6 Å². The van der Waals surface area contributed by atoms with Gasteiger partial charge in [0.25, 0.3) is 0 Å². The van der Waals surface area contributed by atoms with E-state index in [0.717, 1.165) is 19.6 Å². The van der Waals surface area contributed by atoms with Gasteiger partial charge in [0.05, 0.1) is 4.90 Å². The van der Waals surface area contributed by atoms with Crippen molar-refractivity contribution in [3.8, 4) is 0 Å². The summed E-state index contributed by atoms with van der Waals surface area (Å²) in [5.74, 6) is 0. The second-order valence-electron chi connectivity index (χ2n) is 5.64. The molecule has 2 rings (SSSR count). The maximum absolute atomic E-state index is 12.6. The molecule has 1 aromatic rings. The van der Waals surface area contributed by atoms with Crippen molar-refractivity contribution < 1.29 is 8.42 Å². The standard InChI is InChI=1S/C14H22ClN3O2S/c1-16-8-9-17(2)13(10-16)11-18(3)21(19,20)14-6-4-12(15)5-7-14/h4-7,13H,8-11H2,1-3H3/t13-/m0/s1. The van der Waals surface area contributed by atoms with Gasteiger partial charge in [-0.25, -0.2) is 8.42 Å². The first-order chi connectivity index (χ1) is 9.80. The van der Waals surface area contributed by atoms with Crippen LogP contribution in [0.3, 0.4) is 0 Å². The molecule has 1 fully saturated rings. The van der Waals surface area contributed by atoms with E-state index < -0.39 is 10.0 Å². The lowest BCUT2D eigenvalue weighted by molar-refractivity contribution is 0.104. The maximum atomic E-state index is 12.6. The first kappa shape index (κ1) is 16.7. The second-order valence-corrected chi connectivity index (χ2v) is 8.12. The summed E-state index contributed by atoms with van der Waals surface area (Å²) in [5.41, 5.74) is 0. The SMILES string of the molecule is CN1CCN(C)[C@H](CN(C)S(=O)(=O)c2ccc(Cl)cc2)C1. The molecule has 0 aromatic heterocycles. The van der Waals surface area contributed by atoms with Gasteiger partial charge in [0, 0.05) is 44.3 Å². The molecule has 0 spiro atoms. The van der Waals surface area contributed by atoms with Crippen LogP contribution in [0.1, 0.15) is 0 Å². The molecule has 0 aliphatic carbocycles. The molecule has 0 amide bonds. The van der Waals surface area contributed by atoms with Crippen LogP contribution in [0.15, 0.2) is 29.2 Å². The summed E-state index contributed by atoms with van der Waals surface area (Å²) in [5, 5.41) is 0.533. The van der Waals surface area contributed by atoms with Crippen LogP contribution >= 0.6 is 11.6 Å². The zero-order valence-electron chi connectivity index (χ0n) is 12.7. The van der Waals surface area contributed by atoms with Crippen LogP contribution in [-0.4, -0.2) is 75.9 Å². The summed E-state index contributed by atoms with van der Waals surface area (Å²) < 4.78 is 26.5. The van der Waals surface area contributed by atoms with Gasteiger partial charge < -0.3 is 4.90 Å². The Morgan fingerprint density at radius 1 is 1.24 bits per heavy atom. The molecular formula is C14H22ClN3O2S. The molecule has 0 radical (unpaired) electrons. The monoisotopic (exact) mass is 331 g/mol. The number of piperazine rings is 1. The van der Waals surface area contributed by atoms with Crippen LogP contribution < -0.4 is 0 Å². The predicted molar refractivity (Wildman–Crippen MR) is 85.2 cm³/mol. The van der Waals surface area contributed by atoms with Gasteiger partial charge in [-0.3, -0.25) is 4.90 Å². The lowest BCUT2D eigenvalue weighted by atomic mass is 10.2. The third-order valence-corrected chi connectivity index (χ3v) is 6.06. The zero-order valence-corrected chi connectivity index (χ0v) is 14.2. The first-order valence-corrected chi connectivity index (χ1v) is 8.73. The van der Waals surface area contributed by atoms with Crippen LogP contribution in [0.25, 0.3) is 0 Å². The quantitative estimate of drug-likeness (QED) is 0.832. The van der Waals surface area contributed by atoms with Crippen LogP contribution in [0.4, 0.5) is 0 Å². The van der Waals surface area contributed by atoms with Crippen molar-refractivity contribution in [3.63, 3.8) is 0 Å². The van der Waals surface area contributed by atoms with Crippen molar-refractivity contribution in [2.24, 2.45) is 0 Å². The first-order valence-electron chi connectivity index (χ1n) is 6.91. The smallest absolute Gasteiger partial charge is 0.242 e. The van der Waals surface area contributed by atoms with E-state index in [1.54, 1.807) is 31.3 Å². The summed E-state index contributed by atoms with van der Waals surface area (Å²) >= 11 is 5.81. The van der Waals surface area contributed by atoms with Gasteiger partial charge in [0.2, 0.25) is 10.0 Å². The largest absolute Gasteiger partial charge is 0.303 e. The molecule has 5 nitrogen and oxygen atoms in total. The Bertz CT molecular complexity index is 576. The van der Waals surface area contributed by atoms with E-state index in [4.69, 9.17) is 11.6 Å². The van der Waals surface area contributed by atoms with Gasteiger partial charge in [-0.1, -0.05) is 11.6 Å². The van der Waals surface area contributed by atoms with E-state index >= 15 is 0 Å². The Hall–Kier alpha value is -0.660. The van der Waals surface area contributed by atoms with Crippen LogP contribution in [0, 0.1) is 0 Å². The molecule has 7 heteroatoms. The molecule has 1 aliphatic heterocycles. The molecule has 21 heavy (non-hydrogen) atoms. The minimum Gasteiger partial charge on any atom is -0.303 e. The van der Waals surface area contributed by atoms with E-state index in [2.05, 4.69) is 16.8 Å². The summed E-state index contributed by atoms with van der Waals surface area (Å²) in [6.45, 7) is 3.32. The van der Waals surface area contributed by atoms with Gasteiger partial charge in [-0.15, -0.1) is 0 Å². The Morgan fingerprint density at radius 2 is 1.86 bits per heavy atom. The molecule has 1 aromatic carbocycles. The Balaban J connectivity index is 2.11. The molecule has 118 valence electrons. The van der Waals surface area contributed by atoms with E-state index in [9.17, 15) is 8.42 Å². The van der Waals surface area contributed by atoms with Crippen molar-refractivity contribution in [1.29, 1.82) is 0 Å². The molecular weight excluding hydrogens is 310 g/mol. The number of likely N-dealkylation sites (N-methyl/N-ethyl adjacent to an activating group) is 3. The minimum absolute atomic E-state index is 0.204. The van der Waals surface area contributed by atoms with Gasteiger partial charge in [0.15, 0.2) is 0 Å². The second kappa shape index (κ2) is 6.62. The van der Waals surface area contributed by atoms with Crippen molar-refractivity contribution in [3.05, 3.63) is 29.3 Å². The third-order valence-electron chi connectivity index (χ3n) is 3.97. The number of rotatable bonds is 4. The number of hydrogen-bond donors (Lipinski definition) is 0. The maximum Gasteiger partial charge on any atom is 0.242 e. The highest BCUT2D eigenvalue weighted by molar-refractivity contribution is 7.89. The van der Waals surface area contributed by atoms with E-state index in [-0.39, 0.29) is 10.9 Å². The van der Waals surface area contributed by atoms with E-state index in [0.29, 0.717) is 11.6 Å². The number of hydrogen-bond acceptors (Lipinski definition) is 4. The Morgan fingerprint density at radius 3 is 2.48 bits per heavy atom. The predicted octanol–water partition coefficient (Wildman–Crippen LogP) is 1.21. The van der Waals surface area contributed by atoms with Crippen molar-refractivity contribution in [1.82, 2.24) is 14.1 Å². The summed E-state index contributed by atoms with van der Waals surface area (Å²) in [6, 6.07) is 6.50. The topological polar surface area (TPSA) is 43.9 Å². The molecule has 0 unspecified atom stereocenters. The lowest BCUT2D eigenvalue weighted by Gasteiger charge is -2.39. The number of nitrogens with zero attached hydrogens (tertiary/aromatic N) is 3. The Kier molecular flexibility index (Phi) is 5.27. The molecule has 1 heterocycles.